The lowest BCUT2D eigenvalue weighted by molar-refractivity contribution is 0.320. The van der Waals surface area contributed by atoms with Crippen molar-refractivity contribution in [2.45, 2.75) is 77.9 Å². The molecule has 3 heteroatoms. The molecule has 1 aliphatic heterocycles. The van der Waals surface area contributed by atoms with Crippen molar-refractivity contribution in [1.82, 2.24) is 0 Å². The van der Waals surface area contributed by atoms with Gasteiger partial charge in [0, 0.05) is 12.5 Å². The van der Waals surface area contributed by atoms with Gasteiger partial charge in [0.25, 0.3) is 0 Å². The van der Waals surface area contributed by atoms with Gasteiger partial charge in [-0.05, 0) is 78.0 Å². The lowest BCUT2D eigenvalue weighted by Crippen LogP contribution is -2.02. The van der Waals surface area contributed by atoms with Crippen molar-refractivity contribution in [1.29, 1.82) is 0 Å². The lowest BCUT2D eigenvalue weighted by atomic mass is 10.0. The highest BCUT2D eigenvalue weighted by molar-refractivity contribution is 5.34. The van der Waals surface area contributed by atoms with Crippen LogP contribution in [0.25, 0.3) is 0 Å². The maximum atomic E-state index is 6.16. The van der Waals surface area contributed by atoms with Gasteiger partial charge in [-0.2, -0.15) is 0 Å². The molecule has 154 valence electrons. The van der Waals surface area contributed by atoms with Crippen LogP contribution in [-0.2, 0) is 4.74 Å². The van der Waals surface area contributed by atoms with E-state index in [1.807, 2.05) is 24.3 Å². The Balaban J connectivity index is 1.89. The first-order valence-electron chi connectivity index (χ1n) is 10.3. The van der Waals surface area contributed by atoms with Crippen LogP contribution in [0.2, 0.25) is 0 Å². The Kier molecular flexibility index (Phi) is 8.37. The first-order chi connectivity index (χ1) is 13.3. The molecule has 3 nitrogen and oxygen atoms in total. The predicted octanol–water partition coefficient (Wildman–Crippen LogP) is 7.00. The Morgan fingerprint density at radius 3 is 2.43 bits per heavy atom. The van der Waals surface area contributed by atoms with Crippen LogP contribution in [0, 0.1) is 0 Å². The molecule has 1 saturated heterocycles. The quantitative estimate of drug-likeness (QED) is 0.221. The highest BCUT2D eigenvalue weighted by Crippen LogP contribution is 2.39. The van der Waals surface area contributed by atoms with E-state index in [2.05, 4.69) is 46.4 Å². The molecule has 0 amide bonds. The zero-order valence-electron chi connectivity index (χ0n) is 18.2. The van der Waals surface area contributed by atoms with E-state index in [0.29, 0.717) is 6.10 Å². The van der Waals surface area contributed by atoms with Gasteiger partial charge in [-0.15, -0.1) is 6.58 Å². The predicted molar refractivity (Wildman–Crippen MR) is 117 cm³/mol. The highest BCUT2D eigenvalue weighted by Gasteiger charge is 2.46. The fraction of sp³-hybridized carbons (Fsp3) is 0.520. The normalized spacial score (nSPS) is 18.7. The van der Waals surface area contributed by atoms with Gasteiger partial charge in [-0.25, -0.2) is 0 Å². The number of hydrogen-bond acceptors (Lipinski definition) is 3. The monoisotopic (exact) mass is 384 g/mol. The second-order valence-corrected chi connectivity index (χ2v) is 8.29. The molecule has 28 heavy (non-hydrogen) atoms. The van der Waals surface area contributed by atoms with Crippen LogP contribution in [0.1, 0.15) is 66.2 Å². The minimum Gasteiger partial charge on any atom is -0.497 e. The van der Waals surface area contributed by atoms with Crippen LogP contribution in [-0.4, -0.2) is 18.8 Å². The first kappa shape index (κ1) is 22.3. The van der Waals surface area contributed by atoms with E-state index in [-0.39, 0.29) is 5.60 Å². The standard InChI is InChI=1S/C25H36O3/c1-19(2)10-7-12-21(27-23-15-9-14-22(18-23)26-6)13-8-11-20(3)16-17-24-25(4,5)28-24/h9,11-12,14-15,18,24H,1,7-8,10,13,16-17H2,2-6H3/b20-11+,21-12-/t24-/m0/s1. The van der Waals surface area contributed by atoms with Crippen molar-refractivity contribution in [3.05, 3.63) is 59.9 Å². The second kappa shape index (κ2) is 10.5. The summed E-state index contributed by atoms with van der Waals surface area (Å²) in [4.78, 5) is 0. The third-order valence-electron chi connectivity index (χ3n) is 5.08. The molecule has 1 aromatic carbocycles. The zero-order valence-corrected chi connectivity index (χ0v) is 18.2. The molecule has 0 bridgehead atoms. The largest absolute Gasteiger partial charge is 0.497 e. The Labute approximate surface area is 171 Å². The van der Waals surface area contributed by atoms with E-state index >= 15 is 0 Å². The highest BCUT2D eigenvalue weighted by atomic mass is 16.6. The van der Waals surface area contributed by atoms with Crippen molar-refractivity contribution in [3.63, 3.8) is 0 Å². The Morgan fingerprint density at radius 1 is 1.11 bits per heavy atom. The van der Waals surface area contributed by atoms with Crippen LogP contribution in [0.5, 0.6) is 11.5 Å². The third kappa shape index (κ3) is 7.93. The molecule has 1 fully saturated rings. The van der Waals surface area contributed by atoms with Gasteiger partial charge in [0.15, 0.2) is 0 Å². The molecule has 1 heterocycles. The minimum atomic E-state index is 0.0874. The van der Waals surface area contributed by atoms with Crippen LogP contribution in [0.4, 0.5) is 0 Å². The Morgan fingerprint density at radius 2 is 1.79 bits per heavy atom. The molecular weight excluding hydrogens is 348 g/mol. The van der Waals surface area contributed by atoms with Gasteiger partial charge in [0.1, 0.15) is 17.3 Å². The maximum Gasteiger partial charge on any atom is 0.130 e. The molecule has 2 rings (SSSR count). The topological polar surface area (TPSA) is 31.0 Å². The van der Waals surface area contributed by atoms with Crippen molar-refractivity contribution in [2.75, 3.05) is 7.11 Å². The molecule has 0 aliphatic carbocycles. The van der Waals surface area contributed by atoms with Gasteiger partial charge >= 0.3 is 0 Å². The second-order valence-electron chi connectivity index (χ2n) is 8.29. The van der Waals surface area contributed by atoms with Crippen LogP contribution in [0.3, 0.4) is 0 Å². The zero-order chi connectivity index (χ0) is 20.6. The summed E-state index contributed by atoms with van der Waals surface area (Å²) >= 11 is 0. The van der Waals surface area contributed by atoms with E-state index in [9.17, 15) is 0 Å². The molecule has 1 aromatic rings. The van der Waals surface area contributed by atoms with Crippen LogP contribution in [0.15, 0.2) is 59.9 Å². The number of ether oxygens (including phenoxy) is 3. The molecule has 1 aliphatic rings. The van der Waals surface area contributed by atoms with E-state index in [1.165, 1.54) is 11.1 Å². The van der Waals surface area contributed by atoms with Crippen LogP contribution < -0.4 is 9.47 Å². The summed E-state index contributed by atoms with van der Waals surface area (Å²) in [6.45, 7) is 12.6. The molecule has 0 unspecified atom stereocenters. The fourth-order valence-electron chi connectivity index (χ4n) is 3.15. The van der Waals surface area contributed by atoms with Crippen molar-refractivity contribution >= 4 is 0 Å². The average Bonchev–Trinajstić information content (AvgIpc) is 3.26. The number of allylic oxidation sites excluding steroid dienone is 5. The van der Waals surface area contributed by atoms with Gasteiger partial charge in [-0.3, -0.25) is 0 Å². The summed E-state index contributed by atoms with van der Waals surface area (Å²) in [5.41, 5.74) is 2.70. The summed E-state index contributed by atoms with van der Waals surface area (Å²) in [7, 11) is 1.67. The summed E-state index contributed by atoms with van der Waals surface area (Å²) < 4.78 is 17.1. The van der Waals surface area contributed by atoms with Crippen molar-refractivity contribution in [2.24, 2.45) is 0 Å². The minimum absolute atomic E-state index is 0.0874. The Hall–Kier alpha value is -2.00. The molecule has 0 aromatic heterocycles. The summed E-state index contributed by atoms with van der Waals surface area (Å²) in [6, 6.07) is 7.76. The molecule has 0 spiro atoms. The third-order valence-corrected chi connectivity index (χ3v) is 5.08. The number of benzene rings is 1. The number of hydrogen-bond donors (Lipinski definition) is 0. The Bertz CT molecular complexity index is 712. The maximum absolute atomic E-state index is 6.16. The van der Waals surface area contributed by atoms with Gasteiger partial charge < -0.3 is 14.2 Å². The molecule has 0 radical (unpaired) electrons. The van der Waals surface area contributed by atoms with Gasteiger partial charge in [-0.1, -0.05) is 23.3 Å². The number of rotatable bonds is 12. The SMILES string of the molecule is C=C(C)CC/C=C(/CC/C=C(\C)CC[C@@H]1OC1(C)C)Oc1cccc(OC)c1. The molecule has 1 atom stereocenters. The molecule has 0 saturated carbocycles. The first-order valence-corrected chi connectivity index (χ1v) is 10.3. The van der Waals surface area contributed by atoms with Gasteiger partial charge in [0.2, 0.25) is 0 Å². The molecular formula is C25H36O3. The van der Waals surface area contributed by atoms with E-state index in [4.69, 9.17) is 14.2 Å². The summed E-state index contributed by atoms with van der Waals surface area (Å²) in [6.07, 6.45) is 10.9. The fourth-order valence-corrected chi connectivity index (χ4v) is 3.15. The number of methoxy groups -OCH3 is 1. The lowest BCUT2D eigenvalue weighted by Gasteiger charge is -2.11. The van der Waals surface area contributed by atoms with Crippen LogP contribution >= 0.6 is 0 Å². The van der Waals surface area contributed by atoms with Crippen molar-refractivity contribution < 1.29 is 14.2 Å². The van der Waals surface area contributed by atoms with Crippen molar-refractivity contribution in [3.8, 4) is 11.5 Å². The smallest absolute Gasteiger partial charge is 0.130 e. The van der Waals surface area contributed by atoms with Gasteiger partial charge in [0.05, 0.1) is 18.8 Å². The van der Waals surface area contributed by atoms with E-state index < -0.39 is 0 Å². The summed E-state index contributed by atoms with van der Waals surface area (Å²) in [5, 5.41) is 0. The average molecular weight is 385 g/mol. The molecule has 0 N–H and O–H groups in total. The summed E-state index contributed by atoms with van der Waals surface area (Å²) in [5.74, 6) is 2.62. The van der Waals surface area contributed by atoms with E-state index in [0.717, 1.165) is 55.8 Å². The van der Waals surface area contributed by atoms with E-state index in [1.54, 1.807) is 7.11 Å². The number of epoxide rings is 1.